The Kier molecular flexibility index (Phi) is 11.1. The Bertz CT molecular complexity index is 5260. The Morgan fingerprint density at radius 1 is 0.289 bits per heavy atom. The molecule has 0 spiro atoms. The minimum Gasteiger partial charge on any atom is -0.310 e. The fourth-order valence-corrected chi connectivity index (χ4v) is 16.0. The van der Waals surface area contributed by atoms with Gasteiger partial charge in [-0.05, 0) is 190 Å². The van der Waals surface area contributed by atoms with Crippen LogP contribution in [0.2, 0.25) is 0 Å². The summed E-state index contributed by atoms with van der Waals surface area (Å²) in [5.74, 6) is 1.85. The van der Waals surface area contributed by atoms with Gasteiger partial charge in [-0.3, -0.25) is 4.57 Å². The van der Waals surface area contributed by atoms with E-state index in [2.05, 4.69) is 312 Å². The number of anilines is 3. The molecule has 0 unspecified atom stereocenters. The summed E-state index contributed by atoms with van der Waals surface area (Å²) in [6, 6.07) is 96.8. The second-order valence-electron chi connectivity index (χ2n) is 26.8. The Labute approximate surface area is 525 Å². The fraction of sp³-hybridized carbons (Fsp3) is 0.118. The topological polar surface area (TPSA) is 46.8 Å². The van der Waals surface area contributed by atoms with Crippen LogP contribution < -0.4 is 4.90 Å². The number of nitrogens with zero attached hydrogens (tertiary/aromatic N) is 5. The third-order valence-electron chi connectivity index (χ3n) is 20.7. The molecule has 4 aliphatic rings. The molecule has 14 aromatic rings. The first kappa shape index (κ1) is 52.4. The fourth-order valence-electron chi connectivity index (χ4n) is 16.0. The first-order valence-corrected chi connectivity index (χ1v) is 31.6. The van der Waals surface area contributed by atoms with E-state index in [0.717, 1.165) is 67.5 Å². The second-order valence-corrected chi connectivity index (χ2v) is 26.8. The highest BCUT2D eigenvalue weighted by atomic mass is 15.2. The van der Waals surface area contributed by atoms with Crippen molar-refractivity contribution in [2.24, 2.45) is 0 Å². The number of hydrogen-bond donors (Lipinski definition) is 0. The summed E-state index contributed by atoms with van der Waals surface area (Å²) in [6.45, 7) is 14.1. The molecule has 428 valence electrons. The van der Waals surface area contributed by atoms with Gasteiger partial charge in [0.1, 0.15) is 0 Å². The van der Waals surface area contributed by atoms with E-state index in [1.165, 1.54) is 100 Å². The van der Waals surface area contributed by atoms with Gasteiger partial charge in [-0.2, -0.15) is 9.97 Å². The van der Waals surface area contributed by atoms with Gasteiger partial charge in [0, 0.05) is 55.2 Å². The Balaban J connectivity index is 0.837. The largest absolute Gasteiger partial charge is 0.310 e. The van der Waals surface area contributed by atoms with E-state index in [1.807, 2.05) is 0 Å². The summed E-state index contributed by atoms with van der Waals surface area (Å²) in [5, 5.41) is 2.27. The summed E-state index contributed by atoms with van der Waals surface area (Å²) >= 11 is 0. The molecule has 4 aliphatic carbocycles. The predicted molar refractivity (Wildman–Crippen MR) is 372 cm³/mol. The van der Waals surface area contributed by atoms with Crippen LogP contribution in [0.15, 0.2) is 261 Å². The van der Waals surface area contributed by atoms with Gasteiger partial charge in [-0.1, -0.05) is 230 Å². The molecule has 0 bridgehead atoms. The van der Waals surface area contributed by atoms with Crippen LogP contribution in [-0.4, -0.2) is 19.5 Å². The van der Waals surface area contributed by atoms with Crippen molar-refractivity contribution in [3.8, 4) is 95.5 Å². The lowest BCUT2D eigenvalue weighted by molar-refractivity contribution is 0.660. The lowest BCUT2D eigenvalue weighted by Gasteiger charge is -2.27. The van der Waals surface area contributed by atoms with E-state index in [9.17, 15) is 0 Å². The van der Waals surface area contributed by atoms with E-state index in [-0.39, 0.29) is 16.2 Å². The van der Waals surface area contributed by atoms with E-state index in [4.69, 9.17) is 15.0 Å². The average Bonchev–Trinajstić information content (AvgIpc) is 1.57. The second kappa shape index (κ2) is 19.1. The molecule has 5 nitrogen and oxygen atoms in total. The van der Waals surface area contributed by atoms with Gasteiger partial charge < -0.3 is 4.90 Å². The quantitative estimate of drug-likeness (QED) is 0.152. The molecule has 90 heavy (non-hydrogen) atoms. The molecule has 0 saturated heterocycles. The van der Waals surface area contributed by atoms with Crippen LogP contribution in [0.25, 0.3) is 117 Å². The van der Waals surface area contributed by atoms with Gasteiger partial charge >= 0.3 is 0 Å². The highest BCUT2D eigenvalue weighted by molar-refractivity contribution is 6.13. The number of fused-ring (bicyclic) bond motifs is 15. The molecule has 0 atom stereocenters. The minimum absolute atomic E-state index is 0.212. The molecular formula is C85H63N5. The first-order chi connectivity index (χ1) is 43.8. The smallest absolute Gasteiger partial charge is 0.238 e. The number of aromatic nitrogens is 4. The number of rotatable bonds is 8. The summed E-state index contributed by atoms with van der Waals surface area (Å²) in [5.41, 5.74) is 32.0. The highest BCUT2D eigenvalue weighted by Gasteiger charge is 2.39. The molecule has 0 saturated carbocycles. The van der Waals surface area contributed by atoms with Crippen LogP contribution in [0.3, 0.4) is 0 Å². The molecule has 5 heteroatoms. The number of hydrogen-bond acceptors (Lipinski definition) is 4. The molecule has 0 amide bonds. The van der Waals surface area contributed by atoms with Crippen LogP contribution in [-0.2, 0) is 22.7 Å². The van der Waals surface area contributed by atoms with Gasteiger partial charge in [0.2, 0.25) is 5.95 Å². The van der Waals surface area contributed by atoms with Gasteiger partial charge in [0.15, 0.2) is 11.6 Å². The van der Waals surface area contributed by atoms with Crippen molar-refractivity contribution >= 4 is 38.9 Å². The Morgan fingerprint density at radius 3 is 1.34 bits per heavy atom. The van der Waals surface area contributed by atoms with Crippen molar-refractivity contribution in [1.82, 2.24) is 19.5 Å². The summed E-state index contributed by atoms with van der Waals surface area (Å²) in [4.78, 5) is 19.3. The molecular weight excluding hydrogens is 1090 g/mol. The molecule has 0 N–H and O–H groups in total. The zero-order valence-corrected chi connectivity index (χ0v) is 51.3. The first-order valence-electron chi connectivity index (χ1n) is 31.6. The zero-order chi connectivity index (χ0) is 60.4. The van der Waals surface area contributed by atoms with Crippen LogP contribution in [0.4, 0.5) is 17.1 Å². The number of benzene rings is 12. The van der Waals surface area contributed by atoms with Crippen LogP contribution >= 0.6 is 0 Å². The minimum atomic E-state index is -0.249. The Hall–Kier alpha value is -10.8. The van der Waals surface area contributed by atoms with Crippen molar-refractivity contribution in [1.29, 1.82) is 0 Å². The van der Waals surface area contributed by atoms with Gasteiger partial charge in [-0.25, -0.2) is 4.98 Å². The van der Waals surface area contributed by atoms with Crippen molar-refractivity contribution in [3.05, 3.63) is 305 Å². The molecule has 12 aromatic carbocycles. The third-order valence-corrected chi connectivity index (χ3v) is 20.7. The van der Waals surface area contributed by atoms with E-state index >= 15 is 0 Å². The lowest BCUT2D eigenvalue weighted by atomic mass is 9.82. The maximum Gasteiger partial charge on any atom is 0.238 e. The molecule has 2 aromatic heterocycles. The highest BCUT2D eigenvalue weighted by Crippen LogP contribution is 2.54. The standard InChI is InChI=1S/C85H63N5/c1-83(2)72-31-15-12-28-64(72)67-38-34-56(47-75(67)83)80-86-81(57-35-39-68-65-29-13-16-32-73(65)84(3,4)76(68)48-57)88-82(87-80)90-78-41-36-54(46-70(78)71-49-69-66-30-14-17-33-74(66)85(5,6)77(69)50-79(71)90)53-24-19-26-60(44-53)89(59-25-18-23-52(43-59)51-20-8-7-9-21-51)61-37-40-63-58(45-61)42-55-22-10-11-27-62(55)63/h7-41,43-50H,42H2,1-6H3. The van der Waals surface area contributed by atoms with Gasteiger partial charge in [-0.15, -0.1) is 0 Å². The van der Waals surface area contributed by atoms with Crippen LogP contribution in [0.1, 0.15) is 86.1 Å². The molecule has 0 radical (unpaired) electrons. The van der Waals surface area contributed by atoms with Gasteiger partial charge in [0.25, 0.3) is 0 Å². The lowest BCUT2D eigenvalue weighted by Crippen LogP contribution is -2.15. The average molecular weight is 1150 g/mol. The maximum absolute atomic E-state index is 5.66. The van der Waals surface area contributed by atoms with Gasteiger partial charge in [0.05, 0.1) is 11.0 Å². The van der Waals surface area contributed by atoms with E-state index in [0.29, 0.717) is 17.6 Å². The third kappa shape index (κ3) is 7.72. The summed E-state index contributed by atoms with van der Waals surface area (Å²) in [7, 11) is 0. The van der Waals surface area contributed by atoms with E-state index in [1.54, 1.807) is 0 Å². The van der Waals surface area contributed by atoms with Crippen LogP contribution in [0.5, 0.6) is 0 Å². The van der Waals surface area contributed by atoms with Crippen LogP contribution in [0, 0.1) is 0 Å². The molecule has 18 rings (SSSR count). The maximum atomic E-state index is 5.66. The SMILES string of the molecule is CC1(C)c2ccccc2-c2ccc(-c3nc(-c4ccc5c(c4)C(C)(C)c4ccccc4-5)nc(-n4c5ccc(-c6cccc(N(c7cccc(-c8ccccc8)c7)c7ccc8c(c7)Cc7ccccc7-8)c6)cc5c5cc6c(cc54)C(C)(C)c4ccccc4-6)n3)cc21. The summed E-state index contributed by atoms with van der Waals surface area (Å²) in [6.07, 6.45) is 0.910. The van der Waals surface area contributed by atoms with Crippen molar-refractivity contribution in [3.63, 3.8) is 0 Å². The normalized spacial score (nSPS) is 14.6. The molecule has 0 fully saturated rings. The molecule has 2 heterocycles. The Morgan fingerprint density at radius 2 is 0.733 bits per heavy atom. The summed E-state index contributed by atoms with van der Waals surface area (Å²) < 4.78 is 2.33. The predicted octanol–water partition coefficient (Wildman–Crippen LogP) is 21.6. The van der Waals surface area contributed by atoms with E-state index < -0.39 is 0 Å². The van der Waals surface area contributed by atoms with Crippen molar-refractivity contribution in [2.75, 3.05) is 4.90 Å². The monoisotopic (exact) mass is 1150 g/mol. The van der Waals surface area contributed by atoms with Crippen molar-refractivity contribution < 1.29 is 0 Å². The zero-order valence-electron chi connectivity index (χ0n) is 51.3. The molecule has 0 aliphatic heterocycles. The van der Waals surface area contributed by atoms with Crippen molar-refractivity contribution in [2.45, 2.75) is 64.2 Å².